The molecule has 36 heavy (non-hydrogen) atoms. The van der Waals surface area contributed by atoms with Crippen molar-refractivity contribution in [3.8, 4) is 0 Å². The number of imide groups is 2. The van der Waals surface area contributed by atoms with E-state index >= 15 is 0 Å². The third kappa shape index (κ3) is 3.70. The maximum Gasteiger partial charge on any atom is 0.349 e. The summed E-state index contributed by atoms with van der Waals surface area (Å²) < 4.78 is 5.22. The lowest BCUT2D eigenvalue weighted by molar-refractivity contribution is -0.121. The second-order valence-corrected chi connectivity index (χ2v) is 8.29. The molecule has 0 fully saturated rings. The Labute approximate surface area is 203 Å². The van der Waals surface area contributed by atoms with E-state index in [0.29, 0.717) is 11.0 Å². The average molecular weight is 483 g/mol. The van der Waals surface area contributed by atoms with E-state index in [-0.39, 0.29) is 33.8 Å². The highest BCUT2D eigenvalue weighted by molar-refractivity contribution is 6.32. The number of para-hydroxylation sites is 1. The van der Waals surface area contributed by atoms with Crippen LogP contribution in [0.5, 0.6) is 0 Å². The lowest BCUT2D eigenvalue weighted by Crippen LogP contribution is -2.33. The van der Waals surface area contributed by atoms with Crippen LogP contribution in [0.25, 0.3) is 11.0 Å². The van der Waals surface area contributed by atoms with E-state index in [0.717, 1.165) is 22.0 Å². The van der Waals surface area contributed by atoms with Crippen LogP contribution in [0.3, 0.4) is 0 Å². The van der Waals surface area contributed by atoms with Crippen LogP contribution in [0.4, 0.5) is 17.1 Å². The van der Waals surface area contributed by atoms with Gasteiger partial charge in [0.1, 0.15) is 11.1 Å². The first-order valence-electron chi connectivity index (χ1n) is 10.8. The van der Waals surface area contributed by atoms with Crippen LogP contribution in [0.15, 0.2) is 81.0 Å². The number of hydrogen-bond donors (Lipinski definition) is 1. The van der Waals surface area contributed by atoms with E-state index in [4.69, 9.17) is 4.42 Å². The zero-order valence-electron chi connectivity index (χ0n) is 19.0. The van der Waals surface area contributed by atoms with Gasteiger partial charge in [0.25, 0.3) is 29.5 Å². The molecule has 10 heteroatoms. The van der Waals surface area contributed by atoms with Gasteiger partial charge in [0.2, 0.25) is 0 Å². The second-order valence-electron chi connectivity index (χ2n) is 8.29. The molecular formula is C26H17N3O7. The molecule has 0 atom stereocenters. The molecule has 0 unspecified atom stereocenters. The summed E-state index contributed by atoms with van der Waals surface area (Å²) in [5.41, 5.74) is -0.328. The number of hydrogen-bond acceptors (Lipinski definition) is 7. The van der Waals surface area contributed by atoms with Gasteiger partial charge in [0.05, 0.1) is 11.4 Å². The van der Waals surface area contributed by atoms with Gasteiger partial charge < -0.3 is 9.73 Å². The summed E-state index contributed by atoms with van der Waals surface area (Å²) in [4.78, 5) is 77.3. The van der Waals surface area contributed by atoms with Crippen LogP contribution >= 0.6 is 0 Å². The monoisotopic (exact) mass is 483 g/mol. The van der Waals surface area contributed by atoms with E-state index in [1.54, 1.807) is 24.3 Å². The normalized spacial score (nSPS) is 15.6. The number of nitrogens with one attached hydrogen (secondary N) is 1. The van der Waals surface area contributed by atoms with Gasteiger partial charge in [-0.15, -0.1) is 0 Å². The Morgan fingerprint density at radius 1 is 0.778 bits per heavy atom. The summed E-state index contributed by atoms with van der Waals surface area (Å²) in [6, 6.07) is 12.0. The van der Waals surface area contributed by atoms with E-state index in [1.807, 2.05) is 0 Å². The van der Waals surface area contributed by atoms with Gasteiger partial charge in [-0.3, -0.25) is 24.0 Å². The average Bonchev–Trinajstić information content (AvgIpc) is 3.24. The van der Waals surface area contributed by atoms with Crippen molar-refractivity contribution >= 4 is 57.6 Å². The number of carbonyl (C=O) groups is 5. The zero-order valence-corrected chi connectivity index (χ0v) is 19.0. The highest BCUT2D eigenvalue weighted by Crippen LogP contribution is 2.33. The summed E-state index contributed by atoms with van der Waals surface area (Å²) in [5.74, 6) is -3.22. The number of fused-ring (bicyclic) bond motifs is 1. The fourth-order valence-electron chi connectivity index (χ4n) is 4.01. The minimum Gasteiger partial charge on any atom is -0.422 e. The molecule has 3 heterocycles. The fraction of sp³-hybridized carbons (Fsp3) is 0.0769. The van der Waals surface area contributed by atoms with Crippen molar-refractivity contribution in [2.24, 2.45) is 0 Å². The molecule has 0 saturated carbocycles. The van der Waals surface area contributed by atoms with Crippen molar-refractivity contribution in [3.05, 3.63) is 87.8 Å². The molecule has 1 N–H and O–H groups in total. The quantitative estimate of drug-likeness (QED) is 0.445. The summed E-state index contributed by atoms with van der Waals surface area (Å²) in [6.07, 6.45) is 2.32. The van der Waals surface area contributed by atoms with E-state index in [1.165, 1.54) is 38.1 Å². The number of nitrogens with zero attached hydrogens (tertiary/aromatic N) is 2. The smallest absolute Gasteiger partial charge is 0.349 e. The predicted molar refractivity (Wildman–Crippen MR) is 129 cm³/mol. The summed E-state index contributed by atoms with van der Waals surface area (Å²) in [5, 5.41) is 3.07. The van der Waals surface area contributed by atoms with Crippen molar-refractivity contribution in [2.45, 2.75) is 13.8 Å². The topological polar surface area (TPSA) is 134 Å². The lowest BCUT2D eigenvalue weighted by atomic mass is 10.1. The molecule has 2 aliphatic heterocycles. The first-order chi connectivity index (χ1) is 17.1. The lowest BCUT2D eigenvalue weighted by Gasteiger charge is -2.21. The third-order valence-electron chi connectivity index (χ3n) is 5.76. The van der Waals surface area contributed by atoms with Gasteiger partial charge in [-0.25, -0.2) is 14.6 Å². The Morgan fingerprint density at radius 2 is 1.33 bits per heavy atom. The van der Waals surface area contributed by atoms with Crippen LogP contribution in [0, 0.1) is 0 Å². The maximum absolute atomic E-state index is 13.0. The molecular weight excluding hydrogens is 466 g/mol. The third-order valence-corrected chi connectivity index (χ3v) is 5.76. The van der Waals surface area contributed by atoms with Gasteiger partial charge in [0.15, 0.2) is 0 Å². The first-order valence-corrected chi connectivity index (χ1v) is 10.8. The van der Waals surface area contributed by atoms with E-state index in [9.17, 15) is 28.8 Å². The molecule has 5 amide bonds. The van der Waals surface area contributed by atoms with Gasteiger partial charge in [-0.05, 0) is 44.2 Å². The van der Waals surface area contributed by atoms with Crippen LogP contribution in [0.2, 0.25) is 0 Å². The van der Waals surface area contributed by atoms with Gasteiger partial charge >= 0.3 is 5.63 Å². The van der Waals surface area contributed by atoms with E-state index in [2.05, 4.69) is 5.32 Å². The van der Waals surface area contributed by atoms with Crippen LogP contribution in [-0.2, 0) is 19.2 Å². The molecule has 1 aromatic heterocycles. The molecule has 178 valence electrons. The Morgan fingerprint density at radius 3 is 1.86 bits per heavy atom. The minimum atomic E-state index is -0.864. The van der Waals surface area contributed by atoms with Crippen molar-refractivity contribution in [1.82, 2.24) is 0 Å². The molecule has 0 aliphatic carbocycles. The molecule has 0 radical (unpaired) electrons. The minimum absolute atomic E-state index is 0.0293. The number of amides is 5. The Hall–Kier alpha value is -5.12. The van der Waals surface area contributed by atoms with Crippen LogP contribution in [0.1, 0.15) is 24.2 Å². The van der Waals surface area contributed by atoms with Crippen molar-refractivity contribution in [2.75, 3.05) is 15.1 Å². The van der Waals surface area contributed by atoms with Gasteiger partial charge in [0, 0.05) is 34.4 Å². The summed E-state index contributed by atoms with van der Waals surface area (Å²) in [7, 11) is 0. The van der Waals surface area contributed by atoms with Crippen LogP contribution in [-0.4, -0.2) is 29.5 Å². The molecule has 5 rings (SSSR count). The molecule has 0 saturated heterocycles. The maximum atomic E-state index is 13.0. The van der Waals surface area contributed by atoms with Gasteiger partial charge in [-0.2, -0.15) is 0 Å². The van der Waals surface area contributed by atoms with Crippen LogP contribution < -0.4 is 20.7 Å². The zero-order chi connectivity index (χ0) is 25.7. The van der Waals surface area contributed by atoms with Crippen molar-refractivity contribution in [3.63, 3.8) is 0 Å². The second kappa shape index (κ2) is 8.27. The molecule has 2 aliphatic rings. The molecule has 3 aromatic rings. The largest absolute Gasteiger partial charge is 0.422 e. The number of benzene rings is 2. The summed E-state index contributed by atoms with van der Waals surface area (Å²) in [6.45, 7) is 2.96. The summed E-state index contributed by atoms with van der Waals surface area (Å²) >= 11 is 0. The molecule has 0 bridgehead atoms. The molecule has 0 spiro atoms. The standard InChI is InChI=1S/C26H17N3O7/c1-13-7-21(30)28(24(13)33)17-10-16(11-18(12-17)29-22(31)8-14(2)25(29)34)27-23(32)19-9-15-5-3-4-6-20(15)36-26(19)35/h3-12H,1-2H3,(H,27,32). The number of rotatable bonds is 4. The van der Waals surface area contributed by atoms with Crippen molar-refractivity contribution in [1.29, 1.82) is 0 Å². The van der Waals surface area contributed by atoms with Crippen molar-refractivity contribution < 1.29 is 28.4 Å². The molecule has 10 nitrogen and oxygen atoms in total. The molecule has 2 aromatic carbocycles. The SMILES string of the molecule is CC1=CC(=O)N(c2cc(NC(=O)c3cc4ccccc4oc3=O)cc(N3C(=O)C=C(C)C3=O)c2)C1=O. The highest BCUT2D eigenvalue weighted by Gasteiger charge is 2.34. The van der Waals surface area contributed by atoms with E-state index < -0.39 is 35.2 Å². The fourth-order valence-corrected chi connectivity index (χ4v) is 4.01. The Bertz CT molecular complexity index is 1600. The first kappa shape index (κ1) is 22.7. The Balaban J connectivity index is 1.57. The predicted octanol–water partition coefficient (Wildman–Crippen LogP) is 2.68. The number of anilines is 3. The number of carbonyl (C=O) groups excluding carboxylic acids is 5. The highest BCUT2D eigenvalue weighted by atomic mass is 16.4. The Kier molecular flexibility index (Phi) is 5.21. The van der Waals surface area contributed by atoms with Gasteiger partial charge in [-0.1, -0.05) is 18.2 Å².